The van der Waals surface area contributed by atoms with Crippen LogP contribution in [0.5, 0.6) is 0 Å². The van der Waals surface area contributed by atoms with Crippen molar-refractivity contribution in [2.75, 3.05) is 19.7 Å². The number of carbonyl (C=O) groups is 2. The lowest BCUT2D eigenvalue weighted by Crippen LogP contribution is -2.41. The number of aliphatic carboxylic acids is 1. The molecule has 1 N–H and O–H groups in total. The summed E-state index contributed by atoms with van der Waals surface area (Å²) < 4.78 is 32.4. The van der Waals surface area contributed by atoms with E-state index in [2.05, 4.69) is 12.1 Å². The summed E-state index contributed by atoms with van der Waals surface area (Å²) >= 11 is 0. The highest BCUT2D eigenvalue weighted by Gasteiger charge is 2.42. The summed E-state index contributed by atoms with van der Waals surface area (Å²) in [7, 11) is 0. The van der Waals surface area contributed by atoms with E-state index in [1.807, 2.05) is 36.4 Å². The number of carboxylic acids is 1. The van der Waals surface area contributed by atoms with Gasteiger partial charge in [-0.25, -0.2) is 9.59 Å². The fourth-order valence-corrected chi connectivity index (χ4v) is 4.45. The second kappa shape index (κ2) is 8.05. The average Bonchev–Trinajstić information content (AvgIpc) is 3.06. The number of piperidine rings is 1. The van der Waals surface area contributed by atoms with Gasteiger partial charge in [0.05, 0.1) is 0 Å². The summed E-state index contributed by atoms with van der Waals surface area (Å²) in [4.78, 5) is 24.7. The minimum absolute atomic E-state index is 0.0341. The summed E-state index contributed by atoms with van der Waals surface area (Å²) in [6, 6.07) is 16.1. The molecule has 1 saturated heterocycles. The van der Waals surface area contributed by atoms with Crippen LogP contribution in [0.15, 0.2) is 48.5 Å². The maximum absolute atomic E-state index is 13.4. The molecule has 0 spiro atoms. The molecule has 30 heavy (non-hydrogen) atoms. The van der Waals surface area contributed by atoms with Gasteiger partial charge in [0.1, 0.15) is 6.61 Å². The van der Waals surface area contributed by atoms with Crippen LogP contribution >= 0.6 is 0 Å². The van der Waals surface area contributed by atoms with Crippen LogP contribution in [-0.2, 0) is 9.53 Å². The van der Waals surface area contributed by atoms with Crippen molar-refractivity contribution < 1.29 is 28.2 Å². The number of likely N-dealkylation sites (tertiary alicyclic amines) is 1. The van der Waals surface area contributed by atoms with Gasteiger partial charge < -0.3 is 14.7 Å². The number of alkyl halides is 2. The average molecular weight is 415 g/mol. The van der Waals surface area contributed by atoms with Crippen molar-refractivity contribution in [3.05, 3.63) is 59.7 Å². The van der Waals surface area contributed by atoms with E-state index in [-0.39, 0.29) is 25.6 Å². The van der Waals surface area contributed by atoms with Gasteiger partial charge >= 0.3 is 18.0 Å². The van der Waals surface area contributed by atoms with E-state index in [1.165, 1.54) is 4.90 Å². The monoisotopic (exact) mass is 415 g/mol. The normalized spacial score (nSPS) is 16.8. The number of rotatable bonds is 5. The third-order valence-corrected chi connectivity index (χ3v) is 6.07. The number of ether oxygens (including phenoxy) is 1. The van der Waals surface area contributed by atoms with Gasteiger partial charge in [0.25, 0.3) is 0 Å². The highest BCUT2D eigenvalue weighted by molar-refractivity contribution is 5.79. The second-order valence-corrected chi connectivity index (χ2v) is 7.95. The summed E-state index contributed by atoms with van der Waals surface area (Å²) in [5.41, 5.74) is 4.55. The van der Waals surface area contributed by atoms with Gasteiger partial charge in [-0.3, -0.25) is 0 Å². The van der Waals surface area contributed by atoms with Gasteiger partial charge in [-0.2, -0.15) is 8.78 Å². The molecule has 1 fully saturated rings. The van der Waals surface area contributed by atoms with Crippen molar-refractivity contribution in [3.8, 4) is 11.1 Å². The van der Waals surface area contributed by atoms with Crippen molar-refractivity contribution >= 4 is 12.1 Å². The van der Waals surface area contributed by atoms with E-state index < -0.39 is 30.3 Å². The smallest absolute Gasteiger partial charge is 0.409 e. The molecule has 4 rings (SSSR count). The maximum atomic E-state index is 13.4. The van der Waals surface area contributed by atoms with Gasteiger partial charge in [-0.05, 0) is 41.0 Å². The number of halogens is 2. The Balaban J connectivity index is 1.35. The summed E-state index contributed by atoms with van der Waals surface area (Å²) in [5, 5.41) is 8.59. The Morgan fingerprint density at radius 2 is 1.53 bits per heavy atom. The number of benzene rings is 2. The Labute approximate surface area is 173 Å². The molecule has 1 aliphatic carbocycles. The first-order valence-electron chi connectivity index (χ1n) is 10.1. The van der Waals surface area contributed by atoms with Crippen molar-refractivity contribution in [1.82, 2.24) is 4.90 Å². The minimum Gasteiger partial charge on any atom is -0.477 e. The summed E-state index contributed by atoms with van der Waals surface area (Å²) in [5.74, 6) is -6.28. The zero-order chi connectivity index (χ0) is 21.3. The van der Waals surface area contributed by atoms with E-state index in [9.17, 15) is 18.4 Å². The van der Waals surface area contributed by atoms with Gasteiger partial charge in [0, 0.05) is 25.4 Å². The third-order valence-electron chi connectivity index (χ3n) is 6.07. The lowest BCUT2D eigenvalue weighted by Gasteiger charge is -2.32. The Morgan fingerprint density at radius 3 is 2.07 bits per heavy atom. The molecule has 0 unspecified atom stereocenters. The highest BCUT2D eigenvalue weighted by Crippen LogP contribution is 2.44. The van der Waals surface area contributed by atoms with E-state index >= 15 is 0 Å². The van der Waals surface area contributed by atoms with Crippen LogP contribution in [0.3, 0.4) is 0 Å². The Morgan fingerprint density at radius 1 is 1.00 bits per heavy atom. The van der Waals surface area contributed by atoms with Gasteiger partial charge in [0.15, 0.2) is 0 Å². The van der Waals surface area contributed by atoms with E-state index in [0.717, 1.165) is 22.3 Å². The molecule has 0 bridgehead atoms. The van der Waals surface area contributed by atoms with Crippen LogP contribution in [0.1, 0.15) is 36.3 Å². The predicted molar refractivity (Wildman–Crippen MR) is 107 cm³/mol. The molecule has 1 aliphatic heterocycles. The minimum atomic E-state index is -3.73. The van der Waals surface area contributed by atoms with E-state index in [1.54, 1.807) is 0 Å². The van der Waals surface area contributed by atoms with Crippen LogP contribution < -0.4 is 0 Å². The van der Waals surface area contributed by atoms with Gasteiger partial charge in [-0.1, -0.05) is 48.5 Å². The molecule has 158 valence electrons. The van der Waals surface area contributed by atoms with E-state index in [4.69, 9.17) is 9.84 Å². The molecule has 1 amide bonds. The molecule has 0 atom stereocenters. The Hall–Kier alpha value is -2.96. The molecule has 0 aromatic heterocycles. The van der Waals surface area contributed by atoms with Gasteiger partial charge in [0.2, 0.25) is 0 Å². The molecule has 2 aliphatic rings. The SMILES string of the molecule is O=C(OCC1c2ccccc2-c2ccccc21)N1CCC(CC(F)(F)C(=O)O)CC1. The molecule has 0 radical (unpaired) electrons. The fraction of sp³-hybridized carbons (Fsp3) is 0.391. The number of carboxylic acid groups (broad SMARTS) is 1. The lowest BCUT2D eigenvalue weighted by molar-refractivity contribution is -0.167. The van der Waals surface area contributed by atoms with Crippen LogP contribution in [0, 0.1) is 5.92 Å². The van der Waals surface area contributed by atoms with Gasteiger partial charge in [-0.15, -0.1) is 0 Å². The number of hydrogen-bond acceptors (Lipinski definition) is 3. The zero-order valence-corrected chi connectivity index (χ0v) is 16.4. The number of amides is 1. The first-order chi connectivity index (χ1) is 14.4. The first-order valence-corrected chi connectivity index (χ1v) is 10.1. The largest absolute Gasteiger partial charge is 0.477 e. The third kappa shape index (κ3) is 3.88. The Bertz CT molecular complexity index is 908. The first kappa shape index (κ1) is 20.3. The van der Waals surface area contributed by atoms with Crippen molar-refractivity contribution in [3.63, 3.8) is 0 Å². The molecule has 2 aromatic rings. The number of fused-ring (bicyclic) bond motifs is 3. The van der Waals surface area contributed by atoms with Crippen molar-refractivity contribution in [2.24, 2.45) is 5.92 Å². The molecule has 1 heterocycles. The predicted octanol–water partition coefficient (Wildman–Crippen LogP) is 4.76. The summed E-state index contributed by atoms with van der Waals surface area (Å²) in [6.45, 7) is 0.790. The van der Waals surface area contributed by atoms with Crippen LogP contribution in [0.25, 0.3) is 11.1 Å². The van der Waals surface area contributed by atoms with Crippen LogP contribution in [0.4, 0.5) is 13.6 Å². The van der Waals surface area contributed by atoms with Crippen LogP contribution in [0.2, 0.25) is 0 Å². The topological polar surface area (TPSA) is 66.8 Å². The molecule has 2 aromatic carbocycles. The number of carbonyl (C=O) groups excluding carboxylic acids is 1. The van der Waals surface area contributed by atoms with Crippen LogP contribution in [-0.4, -0.2) is 47.7 Å². The zero-order valence-electron chi connectivity index (χ0n) is 16.4. The Kier molecular flexibility index (Phi) is 5.45. The number of nitrogens with zero attached hydrogens (tertiary/aromatic N) is 1. The van der Waals surface area contributed by atoms with E-state index in [0.29, 0.717) is 12.8 Å². The van der Waals surface area contributed by atoms with Crippen molar-refractivity contribution in [1.29, 1.82) is 0 Å². The summed E-state index contributed by atoms with van der Waals surface area (Å²) in [6.07, 6.45) is -0.471. The second-order valence-electron chi connectivity index (χ2n) is 7.95. The fourth-order valence-electron chi connectivity index (χ4n) is 4.45. The standard InChI is InChI=1S/C23H23F2NO4/c24-23(25,21(27)28)13-15-9-11-26(12-10-15)22(29)30-14-20-18-7-3-1-5-16(18)17-6-2-4-8-19(17)20/h1-8,15,20H,9-14H2,(H,27,28). The number of hydrogen-bond donors (Lipinski definition) is 1. The quantitative estimate of drug-likeness (QED) is 0.765. The molecule has 0 saturated carbocycles. The molecular weight excluding hydrogens is 392 g/mol. The molecule has 7 heteroatoms. The maximum Gasteiger partial charge on any atom is 0.409 e. The lowest BCUT2D eigenvalue weighted by atomic mass is 9.91. The molecular formula is C23H23F2NO4. The highest BCUT2D eigenvalue weighted by atomic mass is 19.3. The van der Waals surface area contributed by atoms with Crippen molar-refractivity contribution in [2.45, 2.75) is 31.1 Å². The molecule has 5 nitrogen and oxygen atoms in total.